The van der Waals surface area contributed by atoms with Gasteiger partial charge in [0.25, 0.3) is 5.91 Å². The van der Waals surface area contributed by atoms with Gasteiger partial charge in [0, 0.05) is 23.9 Å². The van der Waals surface area contributed by atoms with Crippen LogP contribution in [-0.4, -0.2) is 33.0 Å². The standard InChI is InChI=1S/C29H38N2O3/c1-27(2,3)19-31(26(33)25-14-12-21-17-22(32)13-15-24(21)30-25)18-20-10-9-11-23(16-20)34-29(7,8)28(4,5)6/h9-17,32H,18-19H2,1-8H3. The fraction of sp³-hybridized carbons (Fsp3) is 0.448. The lowest BCUT2D eigenvalue weighted by Gasteiger charge is -2.39. The molecule has 1 amide bonds. The van der Waals surface area contributed by atoms with E-state index in [2.05, 4.69) is 60.4 Å². The summed E-state index contributed by atoms with van der Waals surface area (Å²) >= 11 is 0. The highest BCUT2D eigenvalue weighted by Crippen LogP contribution is 2.34. The highest BCUT2D eigenvalue weighted by molar-refractivity contribution is 5.95. The number of aromatic nitrogens is 1. The third-order valence-electron chi connectivity index (χ3n) is 6.30. The van der Waals surface area contributed by atoms with E-state index in [1.807, 2.05) is 35.2 Å². The number of phenolic OH excluding ortho intramolecular Hbond substituents is 1. The average molecular weight is 463 g/mol. The van der Waals surface area contributed by atoms with Crippen LogP contribution in [0.2, 0.25) is 0 Å². The predicted octanol–water partition coefficient (Wildman–Crippen LogP) is 6.83. The topological polar surface area (TPSA) is 62.7 Å². The molecule has 3 aromatic rings. The van der Waals surface area contributed by atoms with Gasteiger partial charge in [0.1, 0.15) is 22.8 Å². The molecule has 0 aliphatic carbocycles. The zero-order valence-electron chi connectivity index (χ0n) is 21.8. The number of ether oxygens (including phenoxy) is 1. The molecule has 0 aliphatic rings. The van der Waals surface area contributed by atoms with Gasteiger partial charge in [-0.15, -0.1) is 0 Å². The van der Waals surface area contributed by atoms with Crippen LogP contribution in [0.3, 0.4) is 0 Å². The number of hydrogen-bond donors (Lipinski definition) is 1. The number of carbonyl (C=O) groups excluding carboxylic acids is 1. The van der Waals surface area contributed by atoms with Crippen molar-refractivity contribution in [1.82, 2.24) is 9.88 Å². The zero-order valence-corrected chi connectivity index (χ0v) is 21.8. The van der Waals surface area contributed by atoms with Crippen molar-refractivity contribution in [3.05, 3.63) is 65.9 Å². The van der Waals surface area contributed by atoms with E-state index in [1.54, 1.807) is 24.3 Å². The van der Waals surface area contributed by atoms with Crippen molar-refractivity contribution < 1.29 is 14.6 Å². The van der Waals surface area contributed by atoms with Crippen molar-refractivity contribution in [2.24, 2.45) is 10.8 Å². The van der Waals surface area contributed by atoms with Gasteiger partial charge in [-0.1, -0.05) is 59.7 Å². The maximum Gasteiger partial charge on any atom is 0.272 e. The molecule has 0 aliphatic heterocycles. The van der Waals surface area contributed by atoms with E-state index in [-0.39, 0.29) is 28.1 Å². The summed E-state index contributed by atoms with van der Waals surface area (Å²) in [6, 6.07) is 16.5. The van der Waals surface area contributed by atoms with Gasteiger partial charge in [-0.2, -0.15) is 0 Å². The van der Waals surface area contributed by atoms with Crippen LogP contribution in [-0.2, 0) is 6.54 Å². The number of nitrogens with zero attached hydrogens (tertiary/aromatic N) is 2. The fourth-order valence-corrected chi connectivity index (χ4v) is 3.54. The van der Waals surface area contributed by atoms with Crippen molar-refractivity contribution in [2.75, 3.05) is 6.54 Å². The molecule has 0 spiro atoms. The summed E-state index contributed by atoms with van der Waals surface area (Å²) in [6.45, 7) is 18.1. The Bertz CT molecular complexity index is 1170. The second-order valence-electron chi connectivity index (χ2n) is 11.8. The fourth-order valence-electron chi connectivity index (χ4n) is 3.54. The lowest BCUT2D eigenvalue weighted by atomic mass is 9.79. The Morgan fingerprint density at radius 3 is 2.29 bits per heavy atom. The predicted molar refractivity (Wildman–Crippen MR) is 138 cm³/mol. The number of carbonyl (C=O) groups is 1. The summed E-state index contributed by atoms with van der Waals surface area (Å²) in [6.07, 6.45) is 0. The molecule has 0 radical (unpaired) electrons. The van der Waals surface area contributed by atoms with E-state index in [0.29, 0.717) is 24.3 Å². The van der Waals surface area contributed by atoms with Gasteiger partial charge >= 0.3 is 0 Å². The third kappa shape index (κ3) is 6.28. The molecular weight excluding hydrogens is 424 g/mol. The molecule has 2 aromatic carbocycles. The van der Waals surface area contributed by atoms with E-state index in [4.69, 9.17) is 4.74 Å². The van der Waals surface area contributed by atoms with E-state index >= 15 is 0 Å². The minimum absolute atomic E-state index is 0.0320. The van der Waals surface area contributed by atoms with Gasteiger partial charge in [0.05, 0.1) is 5.52 Å². The van der Waals surface area contributed by atoms with Gasteiger partial charge in [-0.3, -0.25) is 4.79 Å². The van der Waals surface area contributed by atoms with Crippen LogP contribution in [0.15, 0.2) is 54.6 Å². The molecule has 1 aromatic heterocycles. The number of aromatic hydroxyl groups is 1. The Morgan fingerprint density at radius 1 is 0.941 bits per heavy atom. The molecule has 0 atom stereocenters. The molecule has 3 rings (SSSR count). The summed E-state index contributed by atoms with van der Waals surface area (Å²) in [7, 11) is 0. The van der Waals surface area contributed by atoms with E-state index in [1.165, 1.54) is 0 Å². The van der Waals surface area contributed by atoms with Crippen molar-refractivity contribution in [1.29, 1.82) is 0 Å². The molecule has 5 heteroatoms. The van der Waals surface area contributed by atoms with Crippen molar-refractivity contribution >= 4 is 16.8 Å². The number of amides is 1. The molecular formula is C29H38N2O3. The minimum atomic E-state index is -0.351. The molecule has 0 bridgehead atoms. The second kappa shape index (κ2) is 9.28. The minimum Gasteiger partial charge on any atom is -0.508 e. The van der Waals surface area contributed by atoms with Crippen LogP contribution >= 0.6 is 0 Å². The van der Waals surface area contributed by atoms with Gasteiger partial charge < -0.3 is 14.7 Å². The molecule has 0 fully saturated rings. The molecule has 0 unspecified atom stereocenters. The van der Waals surface area contributed by atoms with Crippen LogP contribution in [0, 0.1) is 10.8 Å². The first-order valence-electron chi connectivity index (χ1n) is 11.8. The SMILES string of the molecule is CC(C)(C)CN(Cc1cccc(OC(C)(C)C(C)(C)C)c1)C(=O)c1ccc2cc(O)ccc2n1. The number of fused-ring (bicyclic) bond motifs is 1. The van der Waals surface area contributed by atoms with Crippen LogP contribution in [0.25, 0.3) is 10.9 Å². The first kappa shape index (κ1) is 25.5. The Balaban J connectivity index is 1.89. The van der Waals surface area contributed by atoms with Crippen molar-refractivity contribution in [2.45, 2.75) is 67.5 Å². The van der Waals surface area contributed by atoms with Gasteiger partial charge in [-0.25, -0.2) is 4.98 Å². The summed E-state index contributed by atoms with van der Waals surface area (Å²) < 4.78 is 6.36. The van der Waals surface area contributed by atoms with E-state index in [0.717, 1.165) is 16.7 Å². The van der Waals surface area contributed by atoms with Gasteiger partial charge in [-0.05, 0) is 61.2 Å². The largest absolute Gasteiger partial charge is 0.508 e. The second-order valence-corrected chi connectivity index (χ2v) is 11.8. The summed E-state index contributed by atoms with van der Waals surface area (Å²) in [4.78, 5) is 20.0. The van der Waals surface area contributed by atoms with Crippen molar-refractivity contribution in [3.8, 4) is 11.5 Å². The zero-order chi connectivity index (χ0) is 25.3. The van der Waals surface area contributed by atoms with Gasteiger partial charge in [0.15, 0.2) is 0 Å². The maximum absolute atomic E-state index is 13.6. The molecule has 1 heterocycles. The first-order valence-corrected chi connectivity index (χ1v) is 11.8. The third-order valence-corrected chi connectivity index (χ3v) is 6.30. The number of phenols is 1. The van der Waals surface area contributed by atoms with Gasteiger partial charge in [0.2, 0.25) is 0 Å². The molecule has 0 saturated carbocycles. The number of rotatable bonds is 6. The lowest BCUT2D eigenvalue weighted by molar-refractivity contribution is 0.000702. The quantitative estimate of drug-likeness (QED) is 0.436. The molecule has 182 valence electrons. The Labute approximate surface area is 203 Å². The summed E-state index contributed by atoms with van der Waals surface area (Å²) in [5, 5.41) is 10.5. The summed E-state index contributed by atoms with van der Waals surface area (Å²) in [5.41, 5.74) is 1.61. The van der Waals surface area contributed by atoms with E-state index < -0.39 is 0 Å². The number of benzene rings is 2. The highest BCUT2D eigenvalue weighted by Gasteiger charge is 2.35. The monoisotopic (exact) mass is 462 g/mol. The van der Waals surface area contributed by atoms with E-state index in [9.17, 15) is 9.90 Å². The van der Waals surface area contributed by atoms with Crippen LogP contribution < -0.4 is 4.74 Å². The average Bonchev–Trinajstić information content (AvgIpc) is 2.70. The Morgan fingerprint density at radius 2 is 1.65 bits per heavy atom. The Hall–Kier alpha value is -3.08. The van der Waals surface area contributed by atoms with Crippen LogP contribution in [0.5, 0.6) is 11.5 Å². The van der Waals surface area contributed by atoms with Crippen molar-refractivity contribution in [3.63, 3.8) is 0 Å². The Kier molecular flexibility index (Phi) is 6.97. The lowest BCUT2D eigenvalue weighted by Crippen LogP contribution is -2.42. The normalized spacial score (nSPS) is 12.6. The smallest absolute Gasteiger partial charge is 0.272 e. The maximum atomic E-state index is 13.6. The van der Waals surface area contributed by atoms with Crippen LogP contribution in [0.1, 0.15) is 71.4 Å². The number of pyridine rings is 1. The highest BCUT2D eigenvalue weighted by atomic mass is 16.5. The molecule has 5 nitrogen and oxygen atoms in total. The van der Waals surface area contributed by atoms with Crippen LogP contribution in [0.4, 0.5) is 0 Å². The summed E-state index contributed by atoms with van der Waals surface area (Å²) in [5.74, 6) is 0.856. The molecule has 0 saturated heterocycles. The molecule has 34 heavy (non-hydrogen) atoms. The molecule has 1 N–H and O–H groups in total. The first-order chi connectivity index (χ1) is 15.6. The number of hydrogen-bond acceptors (Lipinski definition) is 4.